The fourth-order valence-corrected chi connectivity index (χ4v) is 5.70. The number of benzene rings is 1. The number of carbonyl (C=O) groups excluding carboxylic acids is 3. The molecule has 0 bridgehead atoms. The van der Waals surface area contributed by atoms with E-state index in [1.807, 2.05) is 0 Å². The highest BCUT2D eigenvalue weighted by molar-refractivity contribution is 9.09. The fraction of sp³-hybridized carbons (Fsp3) is 0.719. The molecule has 1 unspecified atom stereocenters. The molecule has 0 radical (unpaired) electrons. The fourth-order valence-electron chi connectivity index (χ4n) is 5.17. The number of hydrogen-bond acceptors (Lipinski definition) is 4. The summed E-state index contributed by atoms with van der Waals surface area (Å²) in [5.41, 5.74) is 6.49. The first-order valence-electron chi connectivity index (χ1n) is 15.6. The van der Waals surface area contributed by atoms with E-state index in [0.717, 1.165) is 91.2 Å². The molecule has 0 aliphatic carbocycles. The van der Waals surface area contributed by atoms with Crippen LogP contribution in [0.1, 0.15) is 72.1 Å². The average molecular weight is 657 g/mol. The van der Waals surface area contributed by atoms with Crippen LogP contribution in [-0.4, -0.2) is 131 Å². The molecule has 1 atom stereocenters. The number of amides is 2. The summed E-state index contributed by atoms with van der Waals surface area (Å²) >= 11 is 3.85. The number of nitrogens with one attached hydrogen (secondary N) is 2. The van der Waals surface area contributed by atoms with Crippen LogP contribution in [0, 0.1) is 0 Å². The molecule has 1 aromatic rings. The number of rotatable bonds is 23. The van der Waals surface area contributed by atoms with E-state index < -0.39 is 0 Å². The number of nitrogens with zero attached hydrogens (tertiary/aromatic N) is 3. The first-order chi connectivity index (χ1) is 19.7. The van der Waals surface area contributed by atoms with Gasteiger partial charge in [0.05, 0.1) is 75.0 Å². The molecule has 0 saturated carbocycles. The molecule has 0 fully saturated rings. The first kappa shape index (κ1) is 38.2. The van der Waals surface area contributed by atoms with Crippen LogP contribution >= 0.6 is 15.9 Å². The highest BCUT2D eigenvalue weighted by atomic mass is 79.9. The van der Waals surface area contributed by atoms with Gasteiger partial charge < -0.3 is 29.8 Å². The molecule has 0 aromatic heterocycles. The smallest absolute Gasteiger partial charge is 0.252 e. The Hall–Kier alpha value is -1.85. The van der Waals surface area contributed by atoms with Crippen LogP contribution in [0.15, 0.2) is 24.3 Å². The van der Waals surface area contributed by atoms with Crippen LogP contribution in [-0.2, 0) is 4.79 Å². The van der Waals surface area contributed by atoms with Crippen molar-refractivity contribution in [2.24, 2.45) is 5.73 Å². The predicted octanol–water partition coefficient (Wildman–Crippen LogP) is 3.37. The lowest BCUT2D eigenvalue weighted by atomic mass is 10.1. The predicted molar refractivity (Wildman–Crippen MR) is 177 cm³/mol. The van der Waals surface area contributed by atoms with Crippen molar-refractivity contribution in [2.75, 3.05) is 94.6 Å². The van der Waals surface area contributed by atoms with E-state index in [1.54, 1.807) is 24.3 Å². The lowest BCUT2D eigenvalue weighted by Crippen LogP contribution is -2.47. The maximum atomic E-state index is 12.4. The van der Waals surface area contributed by atoms with Crippen molar-refractivity contribution in [1.82, 2.24) is 10.6 Å². The SMILES string of the molecule is C[N+](C)(CCCN)CCC[N+](C)(C)CCCNC(=O)CCCCC(Br)[N+](C)(C)CCCNC(=O)c1ccccc1C=O. The molecule has 0 spiro atoms. The second-order valence-electron chi connectivity index (χ2n) is 13.5. The molecule has 0 saturated heterocycles. The molecule has 0 aliphatic heterocycles. The van der Waals surface area contributed by atoms with Crippen molar-refractivity contribution in [1.29, 1.82) is 0 Å². The van der Waals surface area contributed by atoms with Gasteiger partial charge in [0.25, 0.3) is 5.91 Å². The van der Waals surface area contributed by atoms with Gasteiger partial charge in [0.15, 0.2) is 6.29 Å². The maximum absolute atomic E-state index is 12.4. The van der Waals surface area contributed by atoms with Crippen LogP contribution in [0.3, 0.4) is 0 Å². The van der Waals surface area contributed by atoms with Gasteiger partial charge in [0.1, 0.15) is 4.95 Å². The summed E-state index contributed by atoms with van der Waals surface area (Å²) in [4.78, 5) is 36.2. The summed E-state index contributed by atoms with van der Waals surface area (Å²) in [5, 5.41) is 6.03. The Balaban J connectivity index is 2.18. The average Bonchev–Trinajstić information content (AvgIpc) is 2.94. The van der Waals surface area contributed by atoms with Gasteiger partial charge in [-0.3, -0.25) is 14.4 Å². The molecule has 240 valence electrons. The van der Waals surface area contributed by atoms with E-state index in [4.69, 9.17) is 5.73 Å². The highest BCUT2D eigenvalue weighted by Crippen LogP contribution is 2.21. The van der Waals surface area contributed by atoms with Crippen molar-refractivity contribution in [3.8, 4) is 0 Å². The molecule has 9 nitrogen and oxygen atoms in total. The van der Waals surface area contributed by atoms with Gasteiger partial charge in [-0.15, -0.1) is 0 Å². The van der Waals surface area contributed by atoms with E-state index in [2.05, 4.69) is 68.8 Å². The van der Waals surface area contributed by atoms with E-state index in [9.17, 15) is 14.4 Å². The Morgan fingerprint density at radius 1 is 0.810 bits per heavy atom. The van der Waals surface area contributed by atoms with E-state index >= 15 is 0 Å². The summed E-state index contributed by atoms with van der Waals surface area (Å²) < 4.78 is 2.79. The van der Waals surface area contributed by atoms with Gasteiger partial charge in [-0.2, -0.15) is 0 Å². The molecule has 0 aliphatic rings. The normalized spacial score (nSPS) is 13.0. The van der Waals surface area contributed by atoms with Crippen molar-refractivity contribution < 1.29 is 27.8 Å². The minimum Gasteiger partial charge on any atom is -0.356 e. The van der Waals surface area contributed by atoms with E-state index in [0.29, 0.717) is 30.4 Å². The van der Waals surface area contributed by atoms with Gasteiger partial charge in [-0.1, -0.05) is 18.2 Å². The number of carbonyl (C=O) groups is 3. The van der Waals surface area contributed by atoms with Gasteiger partial charge in [0.2, 0.25) is 5.91 Å². The molecule has 10 heteroatoms. The minimum atomic E-state index is -0.215. The third kappa shape index (κ3) is 16.1. The van der Waals surface area contributed by atoms with Gasteiger partial charge in [-0.25, -0.2) is 0 Å². The van der Waals surface area contributed by atoms with Gasteiger partial charge in [-0.05, 0) is 41.4 Å². The lowest BCUT2D eigenvalue weighted by Gasteiger charge is -2.35. The van der Waals surface area contributed by atoms with Crippen molar-refractivity contribution in [2.45, 2.75) is 56.3 Å². The molecule has 2 amide bonds. The largest absolute Gasteiger partial charge is 0.356 e. The second-order valence-corrected chi connectivity index (χ2v) is 14.5. The lowest BCUT2D eigenvalue weighted by molar-refractivity contribution is -0.909. The summed E-state index contributed by atoms with van der Waals surface area (Å²) in [6, 6.07) is 6.83. The standard InChI is InChI=1S/C32H58BrN6O3/c1-37(2,22-11-19-34)24-14-25-38(3,4)23-12-20-35-31(41)18-10-9-17-30(33)39(5,6)26-13-21-36-32(42)29-16-8-7-15-28(29)27-40/h7-8,15-16,27,30H,9-14,17-26,34H2,1-6H3/q+1/p+2. The van der Waals surface area contributed by atoms with Crippen LogP contribution in [0.5, 0.6) is 0 Å². The van der Waals surface area contributed by atoms with Crippen molar-refractivity contribution in [3.63, 3.8) is 0 Å². The molecule has 4 N–H and O–H groups in total. The number of nitrogens with two attached hydrogens (primary N) is 1. The third-order valence-corrected chi connectivity index (χ3v) is 9.71. The zero-order chi connectivity index (χ0) is 31.7. The number of unbranched alkanes of at least 4 members (excludes halogenated alkanes) is 1. The zero-order valence-electron chi connectivity index (χ0n) is 27.3. The van der Waals surface area contributed by atoms with Gasteiger partial charge in [0, 0.05) is 62.7 Å². The summed E-state index contributed by atoms with van der Waals surface area (Å²) in [7, 11) is 13.5. The Morgan fingerprint density at radius 3 is 2.02 bits per heavy atom. The Bertz CT molecular complexity index is 954. The van der Waals surface area contributed by atoms with Crippen LogP contribution in [0.2, 0.25) is 0 Å². The number of halogens is 1. The first-order valence-corrected chi connectivity index (χ1v) is 16.5. The second kappa shape index (κ2) is 19.4. The molecular formula is C32H60BrN6O3+3. The van der Waals surface area contributed by atoms with Crippen LogP contribution in [0.4, 0.5) is 0 Å². The van der Waals surface area contributed by atoms with E-state index in [-0.39, 0.29) is 16.8 Å². The number of hydrogen-bond donors (Lipinski definition) is 3. The number of quaternary nitrogens is 3. The topological polar surface area (TPSA) is 101 Å². The van der Waals surface area contributed by atoms with Crippen molar-refractivity contribution >= 4 is 34.0 Å². The molecule has 0 heterocycles. The highest BCUT2D eigenvalue weighted by Gasteiger charge is 2.25. The van der Waals surface area contributed by atoms with E-state index in [1.165, 1.54) is 13.0 Å². The monoisotopic (exact) mass is 655 g/mol. The Morgan fingerprint density at radius 2 is 1.38 bits per heavy atom. The molecule has 1 rings (SSSR count). The summed E-state index contributed by atoms with van der Waals surface area (Å²) in [6.45, 7) is 7.44. The number of alkyl halides is 1. The Labute approximate surface area is 264 Å². The van der Waals surface area contributed by atoms with Crippen LogP contribution in [0.25, 0.3) is 0 Å². The summed E-state index contributed by atoms with van der Waals surface area (Å²) in [6.07, 6.45) is 8.19. The minimum absolute atomic E-state index is 0.144. The Kier molecular flexibility index (Phi) is 17.7. The van der Waals surface area contributed by atoms with Gasteiger partial charge >= 0.3 is 0 Å². The molecule has 1 aromatic carbocycles. The quantitative estimate of drug-likeness (QED) is 0.0553. The zero-order valence-corrected chi connectivity index (χ0v) is 28.9. The third-order valence-electron chi connectivity index (χ3n) is 8.14. The molecule has 42 heavy (non-hydrogen) atoms. The maximum Gasteiger partial charge on any atom is 0.252 e. The van der Waals surface area contributed by atoms with Crippen LogP contribution < -0.4 is 16.4 Å². The van der Waals surface area contributed by atoms with Crippen molar-refractivity contribution in [3.05, 3.63) is 35.4 Å². The molecular weight excluding hydrogens is 596 g/mol. The number of aldehydes is 1. The summed E-state index contributed by atoms with van der Waals surface area (Å²) in [5.74, 6) is -0.0706.